The van der Waals surface area contributed by atoms with Gasteiger partial charge in [-0.15, -0.1) is 0 Å². The standard InChI is InChI=1S/C22H19BrF3N3O2/c1-14-4-2-3-5-18(14)29-20(22(24,25)26)17(12-27-29)21(30)28-10-11-31-19(13-28)15-6-8-16(23)9-7-15/h2-9,12,19H,10-11,13H2,1H3. The van der Waals surface area contributed by atoms with Crippen molar-refractivity contribution < 1.29 is 22.7 Å². The molecular weight excluding hydrogens is 475 g/mol. The van der Waals surface area contributed by atoms with Crippen molar-refractivity contribution in [1.82, 2.24) is 14.7 Å². The first-order valence-electron chi connectivity index (χ1n) is 9.63. The SMILES string of the molecule is Cc1ccccc1-n1ncc(C(=O)N2CCOC(c3ccc(Br)cc3)C2)c1C(F)(F)F. The molecule has 0 saturated carbocycles. The Morgan fingerprint density at radius 1 is 1.16 bits per heavy atom. The van der Waals surface area contributed by atoms with Crippen molar-refractivity contribution in [3.63, 3.8) is 0 Å². The molecule has 4 rings (SSSR count). The molecule has 1 amide bonds. The largest absolute Gasteiger partial charge is 0.434 e. The third-order valence-electron chi connectivity index (χ3n) is 5.21. The molecule has 1 unspecified atom stereocenters. The minimum atomic E-state index is -4.75. The molecule has 5 nitrogen and oxygen atoms in total. The number of alkyl halides is 3. The Hall–Kier alpha value is -2.65. The van der Waals surface area contributed by atoms with E-state index in [1.807, 2.05) is 24.3 Å². The number of aromatic nitrogens is 2. The number of aryl methyl sites for hydroxylation is 1. The van der Waals surface area contributed by atoms with Gasteiger partial charge in [-0.25, -0.2) is 4.68 Å². The highest BCUT2D eigenvalue weighted by Gasteiger charge is 2.42. The highest BCUT2D eigenvalue weighted by atomic mass is 79.9. The van der Waals surface area contributed by atoms with E-state index in [9.17, 15) is 18.0 Å². The number of morpholine rings is 1. The molecule has 0 aliphatic carbocycles. The summed E-state index contributed by atoms with van der Waals surface area (Å²) < 4.78 is 49.5. The Labute approximate surface area is 185 Å². The van der Waals surface area contributed by atoms with Gasteiger partial charge in [-0.3, -0.25) is 4.79 Å². The number of ether oxygens (including phenoxy) is 1. The Bertz CT molecular complexity index is 1100. The first kappa shape index (κ1) is 21.6. The van der Waals surface area contributed by atoms with Gasteiger partial charge in [-0.2, -0.15) is 18.3 Å². The Morgan fingerprint density at radius 3 is 2.55 bits per heavy atom. The zero-order valence-corrected chi connectivity index (χ0v) is 18.2. The maximum Gasteiger partial charge on any atom is 0.434 e. The molecular formula is C22H19BrF3N3O2. The topological polar surface area (TPSA) is 47.4 Å². The molecule has 1 aromatic heterocycles. The van der Waals surface area contributed by atoms with Crippen molar-refractivity contribution in [2.45, 2.75) is 19.2 Å². The fourth-order valence-electron chi connectivity index (χ4n) is 3.64. The summed E-state index contributed by atoms with van der Waals surface area (Å²) in [6.07, 6.45) is -4.16. The molecule has 2 heterocycles. The van der Waals surface area contributed by atoms with Gasteiger partial charge in [0.1, 0.15) is 6.10 Å². The highest BCUT2D eigenvalue weighted by Crippen LogP contribution is 2.35. The van der Waals surface area contributed by atoms with E-state index in [1.54, 1.807) is 31.2 Å². The normalized spacial score (nSPS) is 17.1. The number of nitrogens with zero attached hydrogens (tertiary/aromatic N) is 3. The van der Waals surface area contributed by atoms with Gasteiger partial charge in [-0.1, -0.05) is 46.3 Å². The fraction of sp³-hybridized carbons (Fsp3) is 0.273. The predicted molar refractivity (Wildman–Crippen MR) is 112 cm³/mol. The summed E-state index contributed by atoms with van der Waals surface area (Å²) in [4.78, 5) is 14.5. The fourth-order valence-corrected chi connectivity index (χ4v) is 3.91. The maximum absolute atomic E-state index is 14.0. The summed E-state index contributed by atoms with van der Waals surface area (Å²) in [6.45, 7) is 2.30. The lowest BCUT2D eigenvalue weighted by atomic mass is 10.1. The van der Waals surface area contributed by atoms with E-state index in [2.05, 4.69) is 21.0 Å². The van der Waals surface area contributed by atoms with Gasteiger partial charge in [0.05, 0.1) is 30.6 Å². The van der Waals surface area contributed by atoms with Crippen molar-refractivity contribution in [1.29, 1.82) is 0 Å². The molecule has 1 aliphatic rings. The van der Waals surface area contributed by atoms with Crippen LogP contribution in [0, 0.1) is 6.92 Å². The third-order valence-corrected chi connectivity index (χ3v) is 5.74. The number of carbonyl (C=O) groups excluding carboxylic acids is 1. The quantitative estimate of drug-likeness (QED) is 0.505. The average molecular weight is 494 g/mol. The van der Waals surface area contributed by atoms with E-state index in [0.717, 1.165) is 20.9 Å². The van der Waals surface area contributed by atoms with Crippen molar-refractivity contribution in [3.05, 3.63) is 81.6 Å². The van der Waals surface area contributed by atoms with Gasteiger partial charge >= 0.3 is 6.18 Å². The van der Waals surface area contributed by atoms with Gasteiger partial charge in [0, 0.05) is 11.0 Å². The number of hydrogen-bond donors (Lipinski definition) is 0. The summed E-state index contributed by atoms with van der Waals surface area (Å²) >= 11 is 3.37. The van der Waals surface area contributed by atoms with Crippen LogP contribution in [0.3, 0.4) is 0 Å². The molecule has 0 radical (unpaired) electrons. The van der Waals surface area contributed by atoms with Crippen LogP contribution in [-0.4, -0.2) is 40.3 Å². The van der Waals surface area contributed by atoms with E-state index in [0.29, 0.717) is 5.56 Å². The second kappa shape index (κ2) is 8.47. The summed E-state index contributed by atoms with van der Waals surface area (Å²) in [5, 5.41) is 3.93. The Balaban J connectivity index is 1.67. The zero-order valence-electron chi connectivity index (χ0n) is 16.6. The van der Waals surface area contributed by atoms with Gasteiger partial charge in [0.25, 0.3) is 5.91 Å². The predicted octanol–water partition coefficient (Wildman–Crippen LogP) is 5.18. The van der Waals surface area contributed by atoms with Gasteiger partial charge in [-0.05, 0) is 36.2 Å². The lowest BCUT2D eigenvalue weighted by molar-refractivity contribution is -0.143. The van der Waals surface area contributed by atoms with Crippen LogP contribution < -0.4 is 0 Å². The monoisotopic (exact) mass is 493 g/mol. The van der Waals surface area contributed by atoms with Crippen LogP contribution in [0.4, 0.5) is 13.2 Å². The molecule has 3 aromatic rings. The van der Waals surface area contributed by atoms with Crippen LogP contribution in [0.2, 0.25) is 0 Å². The highest BCUT2D eigenvalue weighted by molar-refractivity contribution is 9.10. The molecule has 2 aromatic carbocycles. The number of carbonyl (C=O) groups is 1. The smallest absolute Gasteiger partial charge is 0.370 e. The van der Waals surface area contributed by atoms with E-state index >= 15 is 0 Å². The molecule has 0 spiro atoms. The lowest BCUT2D eigenvalue weighted by Gasteiger charge is -2.33. The first-order valence-corrected chi connectivity index (χ1v) is 10.4. The molecule has 1 aliphatic heterocycles. The van der Waals surface area contributed by atoms with Crippen molar-refractivity contribution in [2.24, 2.45) is 0 Å². The van der Waals surface area contributed by atoms with Crippen LogP contribution >= 0.6 is 15.9 Å². The molecule has 31 heavy (non-hydrogen) atoms. The second-order valence-electron chi connectivity index (χ2n) is 7.27. The van der Waals surface area contributed by atoms with E-state index < -0.39 is 29.4 Å². The Morgan fingerprint density at radius 2 is 1.87 bits per heavy atom. The molecule has 9 heteroatoms. The number of para-hydroxylation sites is 1. The van der Waals surface area contributed by atoms with Gasteiger partial charge in [0.2, 0.25) is 0 Å². The zero-order chi connectivity index (χ0) is 22.2. The van der Waals surface area contributed by atoms with E-state index in [4.69, 9.17) is 4.74 Å². The minimum Gasteiger partial charge on any atom is -0.370 e. The molecule has 0 bridgehead atoms. The van der Waals surface area contributed by atoms with Crippen molar-refractivity contribution >= 4 is 21.8 Å². The number of halogens is 4. The molecule has 1 saturated heterocycles. The van der Waals surface area contributed by atoms with E-state index in [1.165, 1.54) is 4.90 Å². The summed E-state index contributed by atoms with van der Waals surface area (Å²) in [6, 6.07) is 14.0. The van der Waals surface area contributed by atoms with Crippen LogP contribution in [0.1, 0.15) is 33.3 Å². The minimum absolute atomic E-state index is 0.160. The molecule has 1 atom stereocenters. The van der Waals surface area contributed by atoms with Gasteiger partial charge in [0.15, 0.2) is 5.69 Å². The molecule has 162 valence electrons. The number of rotatable bonds is 3. The molecule has 1 fully saturated rings. The number of hydrogen-bond acceptors (Lipinski definition) is 3. The van der Waals surface area contributed by atoms with Gasteiger partial charge < -0.3 is 9.64 Å². The maximum atomic E-state index is 14.0. The van der Waals surface area contributed by atoms with Crippen LogP contribution in [0.5, 0.6) is 0 Å². The Kier molecular flexibility index (Phi) is 5.90. The first-order chi connectivity index (χ1) is 14.8. The summed E-state index contributed by atoms with van der Waals surface area (Å²) in [7, 11) is 0. The lowest BCUT2D eigenvalue weighted by Crippen LogP contribution is -2.42. The third kappa shape index (κ3) is 4.38. The summed E-state index contributed by atoms with van der Waals surface area (Å²) in [5.74, 6) is -0.711. The van der Waals surface area contributed by atoms with Crippen LogP contribution in [-0.2, 0) is 10.9 Å². The number of amides is 1. The van der Waals surface area contributed by atoms with E-state index in [-0.39, 0.29) is 25.4 Å². The summed E-state index contributed by atoms with van der Waals surface area (Å²) in [5.41, 5.74) is 0.221. The van der Waals surface area contributed by atoms with Crippen LogP contribution in [0.15, 0.2) is 59.2 Å². The van der Waals surface area contributed by atoms with Crippen LogP contribution in [0.25, 0.3) is 5.69 Å². The second-order valence-corrected chi connectivity index (χ2v) is 8.18. The number of benzene rings is 2. The average Bonchev–Trinajstić information content (AvgIpc) is 3.20. The molecule has 0 N–H and O–H groups in total. The van der Waals surface area contributed by atoms with Crippen molar-refractivity contribution in [2.75, 3.05) is 19.7 Å². The van der Waals surface area contributed by atoms with Crippen molar-refractivity contribution in [3.8, 4) is 5.69 Å².